The molecule has 0 aliphatic carbocycles. The van der Waals surface area contributed by atoms with Crippen LogP contribution in [0.25, 0.3) is 5.69 Å². The summed E-state index contributed by atoms with van der Waals surface area (Å²) in [4.78, 5) is 37.8. The number of carboxylic acid groups (broad SMARTS) is 2. The Labute approximate surface area is 222 Å². The molecule has 0 bridgehead atoms. The molecule has 0 amide bonds. The van der Waals surface area contributed by atoms with E-state index in [0.29, 0.717) is 5.56 Å². The summed E-state index contributed by atoms with van der Waals surface area (Å²) in [7, 11) is 2.19. The van der Waals surface area contributed by atoms with E-state index < -0.39 is 11.9 Å². The Hall–Kier alpha value is -3.95. The normalized spacial score (nSPS) is 13.8. The van der Waals surface area contributed by atoms with Gasteiger partial charge in [-0.05, 0) is 87.5 Å². The number of unbranched alkanes of at least 4 members (excludes halogenated alkanes) is 1. The van der Waals surface area contributed by atoms with Crippen LogP contribution in [0.1, 0.15) is 39.1 Å². The number of aromatic carboxylic acids is 2. The highest BCUT2D eigenvalue weighted by Gasteiger charge is 2.12. The Kier molecular flexibility index (Phi) is 10.6. The first-order valence-corrected chi connectivity index (χ1v) is 12.6. The number of hydrogen-bond acceptors (Lipinski definition) is 6. The summed E-state index contributed by atoms with van der Waals surface area (Å²) in [6.07, 6.45) is 4.00. The second kappa shape index (κ2) is 14.1. The van der Waals surface area contributed by atoms with E-state index in [2.05, 4.69) is 16.8 Å². The first-order valence-electron chi connectivity index (χ1n) is 12.6. The summed E-state index contributed by atoms with van der Waals surface area (Å²) >= 11 is 0. The van der Waals surface area contributed by atoms with Gasteiger partial charge < -0.3 is 24.7 Å². The van der Waals surface area contributed by atoms with E-state index in [1.54, 1.807) is 29.8 Å². The van der Waals surface area contributed by atoms with Crippen LogP contribution in [-0.2, 0) is 0 Å². The smallest absolute Gasteiger partial charge is 0.335 e. The molecule has 2 heterocycles. The van der Waals surface area contributed by atoms with Gasteiger partial charge in [-0.2, -0.15) is 0 Å². The lowest BCUT2D eigenvalue weighted by molar-refractivity contribution is 0.0696. The number of rotatable bonds is 9. The fourth-order valence-corrected chi connectivity index (χ4v) is 4.07. The third-order valence-electron chi connectivity index (χ3n) is 6.24. The number of piperazine rings is 1. The fourth-order valence-electron chi connectivity index (χ4n) is 4.07. The average molecular weight is 522 g/mol. The number of carbonyl (C=O) groups is 2. The van der Waals surface area contributed by atoms with Crippen LogP contribution in [0.3, 0.4) is 0 Å². The molecule has 1 aromatic heterocycles. The van der Waals surface area contributed by atoms with Crippen molar-refractivity contribution in [1.82, 2.24) is 14.4 Å². The van der Waals surface area contributed by atoms with Gasteiger partial charge >= 0.3 is 11.9 Å². The van der Waals surface area contributed by atoms with Crippen LogP contribution in [-0.4, -0.2) is 82.9 Å². The van der Waals surface area contributed by atoms with Crippen molar-refractivity contribution in [3.8, 4) is 11.4 Å². The fraction of sp³-hybridized carbons (Fsp3) is 0.345. The van der Waals surface area contributed by atoms with E-state index in [9.17, 15) is 14.4 Å². The zero-order valence-corrected chi connectivity index (χ0v) is 21.9. The van der Waals surface area contributed by atoms with Gasteiger partial charge in [0, 0.05) is 44.1 Å². The molecule has 4 rings (SSSR count). The molecule has 1 fully saturated rings. The van der Waals surface area contributed by atoms with Gasteiger partial charge in [-0.15, -0.1) is 0 Å². The third kappa shape index (κ3) is 8.86. The van der Waals surface area contributed by atoms with Crippen LogP contribution in [0.2, 0.25) is 0 Å². The molecule has 0 saturated carbocycles. The lowest BCUT2D eigenvalue weighted by Crippen LogP contribution is -2.44. The maximum Gasteiger partial charge on any atom is 0.335 e. The van der Waals surface area contributed by atoms with Gasteiger partial charge in [-0.25, -0.2) is 9.59 Å². The lowest BCUT2D eigenvalue weighted by atomic mass is 10.1. The Morgan fingerprint density at radius 3 is 2.08 bits per heavy atom. The molecule has 202 valence electrons. The van der Waals surface area contributed by atoms with E-state index in [-0.39, 0.29) is 16.7 Å². The standard InChI is InChI=1S/C20H27N3O2.C9H8O4/c1-21-13-15-22(16-14-21)11-4-5-17-25-19-9-7-18(8-10-19)23-12-3-2-6-20(23)24;1-5-2-6(8(10)11)4-7(3-5)9(12)13/h2-3,6-10,12H,4-5,11,13-17H2,1H3;2-4H,1H3,(H,10,11)(H,12,13). The van der Waals surface area contributed by atoms with Gasteiger partial charge in [0.25, 0.3) is 5.56 Å². The van der Waals surface area contributed by atoms with Gasteiger partial charge in [0.05, 0.1) is 17.7 Å². The van der Waals surface area contributed by atoms with Crippen molar-refractivity contribution in [1.29, 1.82) is 0 Å². The topological polar surface area (TPSA) is 112 Å². The minimum Gasteiger partial charge on any atom is -0.494 e. The minimum absolute atomic E-state index is 0.00241. The number of benzene rings is 2. The van der Waals surface area contributed by atoms with Gasteiger partial charge in [0.15, 0.2) is 0 Å². The minimum atomic E-state index is -1.12. The molecule has 9 heteroatoms. The summed E-state index contributed by atoms with van der Waals surface area (Å²) in [5, 5.41) is 17.2. The SMILES string of the molecule is CN1CCN(CCCCOc2ccc(-n3ccccc3=O)cc2)CC1.Cc1cc(C(=O)O)cc(C(=O)O)c1. The van der Waals surface area contributed by atoms with Crippen molar-refractivity contribution in [3.63, 3.8) is 0 Å². The monoisotopic (exact) mass is 521 g/mol. The van der Waals surface area contributed by atoms with Crippen molar-refractivity contribution in [2.24, 2.45) is 0 Å². The molecule has 0 unspecified atom stereocenters. The van der Waals surface area contributed by atoms with Crippen molar-refractivity contribution in [2.75, 3.05) is 46.4 Å². The second-order valence-corrected chi connectivity index (χ2v) is 9.30. The zero-order chi connectivity index (χ0) is 27.5. The summed E-state index contributed by atoms with van der Waals surface area (Å²) in [6, 6.07) is 16.8. The van der Waals surface area contributed by atoms with E-state index in [4.69, 9.17) is 14.9 Å². The summed E-state index contributed by atoms with van der Waals surface area (Å²) < 4.78 is 7.44. The van der Waals surface area contributed by atoms with Crippen molar-refractivity contribution in [3.05, 3.63) is 93.9 Å². The van der Waals surface area contributed by atoms with Crippen molar-refractivity contribution >= 4 is 11.9 Å². The van der Waals surface area contributed by atoms with Crippen molar-refractivity contribution < 1.29 is 24.5 Å². The van der Waals surface area contributed by atoms with Gasteiger partial charge in [-0.3, -0.25) is 9.36 Å². The van der Waals surface area contributed by atoms with Crippen LogP contribution in [0.5, 0.6) is 5.75 Å². The number of aryl methyl sites for hydroxylation is 1. The maximum atomic E-state index is 11.8. The quantitative estimate of drug-likeness (QED) is 0.411. The Balaban J connectivity index is 0.000000260. The highest BCUT2D eigenvalue weighted by Crippen LogP contribution is 2.15. The van der Waals surface area contributed by atoms with Crippen LogP contribution < -0.4 is 10.3 Å². The van der Waals surface area contributed by atoms with Crippen LogP contribution in [0, 0.1) is 6.92 Å². The average Bonchev–Trinajstić information content (AvgIpc) is 2.90. The van der Waals surface area contributed by atoms with Crippen LogP contribution in [0.15, 0.2) is 71.7 Å². The Bertz CT molecular complexity index is 1230. The Morgan fingerprint density at radius 1 is 0.868 bits per heavy atom. The Morgan fingerprint density at radius 2 is 1.50 bits per heavy atom. The maximum absolute atomic E-state index is 11.8. The van der Waals surface area contributed by atoms with E-state index in [0.717, 1.165) is 37.1 Å². The molecule has 38 heavy (non-hydrogen) atoms. The summed E-state index contributed by atoms with van der Waals surface area (Å²) in [5.74, 6) is -1.38. The van der Waals surface area contributed by atoms with E-state index in [1.165, 1.54) is 44.7 Å². The lowest BCUT2D eigenvalue weighted by Gasteiger charge is -2.32. The number of nitrogens with zero attached hydrogens (tertiary/aromatic N) is 3. The molecule has 2 N–H and O–H groups in total. The molecule has 0 spiro atoms. The molecule has 0 atom stereocenters. The van der Waals surface area contributed by atoms with Crippen molar-refractivity contribution in [2.45, 2.75) is 19.8 Å². The molecular weight excluding hydrogens is 486 g/mol. The number of aromatic nitrogens is 1. The first kappa shape index (κ1) is 28.6. The zero-order valence-electron chi connectivity index (χ0n) is 21.9. The number of likely N-dealkylation sites (N-methyl/N-ethyl adjacent to an activating group) is 1. The molecule has 1 aliphatic heterocycles. The highest BCUT2D eigenvalue weighted by molar-refractivity contribution is 5.94. The van der Waals surface area contributed by atoms with Gasteiger partial charge in [0.2, 0.25) is 0 Å². The predicted octanol–water partition coefficient (Wildman–Crippen LogP) is 3.64. The van der Waals surface area contributed by atoms with Gasteiger partial charge in [-0.1, -0.05) is 6.07 Å². The predicted molar refractivity (Wildman–Crippen MR) is 146 cm³/mol. The second-order valence-electron chi connectivity index (χ2n) is 9.30. The van der Waals surface area contributed by atoms with Crippen LogP contribution >= 0.6 is 0 Å². The largest absolute Gasteiger partial charge is 0.494 e. The van der Waals surface area contributed by atoms with Gasteiger partial charge in [0.1, 0.15) is 5.75 Å². The molecule has 1 aliphatic rings. The third-order valence-corrected chi connectivity index (χ3v) is 6.24. The molecule has 9 nitrogen and oxygen atoms in total. The summed E-state index contributed by atoms with van der Waals surface area (Å²) in [6.45, 7) is 8.25. The summed E-state index contributed by atoms with van der Waals surface area (Å²) in [5.41, 5.74) is 1.44. The van der Waals surface area contributed by atoms with E-state index in [1.807, 2.05) is 30.3 Å². The highest BCUT2D eigenvalue weighted by atomic mass is 16.5. The molecule has 2 aromatic carbocycles. The number of pyridine rings is 1. The molecule has 3 aromatic rings. The van der Waals surface area contributed by atoms with E-state index >= 15 is 0 Å². The number of ether oxygens (including phenoxy) is 1. The molecular formula is C29H35N3O6. The number of carboxylic acids is 2. The molecule has 1 saturated heterocycles. The molecule has 0 radical (unpaired) electrons. The first-order chi connectivity index (χ1) is 18.2. The number of hydrogen-bond donors (Lipinski definition) is 2. The van der Waals surface area contributed by atoms with Crippen LogP contribution in [0.4, 0.5) is 0 Å².